The second-order valence-corrected chi connectivity index (χ2v) is 4.67. The van der Waals surface area contributed by atoms with Crippen LogP contribution in [0.2, 0.25) is 0 Å². The maximum Gasteiger partial charge on any atom is 0.307 e. The van der Waals surface area contributed by atoms with Crippen LogP contribution in [0.15, 0.2) is 12.7 Å². The van der Waals surface area contributed by atoms with Crippen molar-refractivity contribution in [3.05, 3.63) is 12.7 Å². The summed E-state index contributed by atoms with van der Waals surface area (Å²) in [5.74, 6) is -2.57. The van der Waals surface area contributed by atoms with E-state index < -0.39 is 23.7 Å². The standard InChI is InChI=1S/C14H25NO3/c1-3-5-6-7-8-10-11(13(15)16)12(9-4-2)14(17)18/h3,11-12H,1,4-10H2,2H3,(H2,15,16)(H,17,18). The van der Waals surface area contributed by atoms with E-state index in [1.165, 1.54) is 0 Å². The Labute approximate surface area is 109 Å². The summed E-state index contributed by atoms with van der Waals surface area (Å²) in [4.78, 5) is 22.5. The summed E-state index contributed by atoms with van der Waals surface area (Å²) in [6.45, 7) is 5.56. The lowest BCUT2D eigenvalue weighted by Crippen LogP contribution is -2.34. The van der Waals surface area contributed by atoms with Gasteiger partial charge in [-0.15, -0.1) is 6.58 Å². The number of aliphatic carboxylic acids is 1. The van der Waals surface area contributed by atoms with Crippen LogP contribution in [0.3, 0.4) is 0 Å². The highest BCUT2D eigenvalue weighted by atomic mass is 16.4. The van der Waals surface area contributed by atoms with Gasteiger partial charge in [0.15, 0.2) is 0 Å². The van der Waals surface area contributed by atoms with E-state index in [4.69, 9.17) is 10.8 Å². The van der Waals surface area contributed by atoms with Crippen LogP contribution in [0, 0.1) is 11.8 Å². The highest BCUT2D eigenvalue weighted by Gasteiger charge is 2.30. The molecule has 0 heterocycles. The van der Waals surface area contributed by atoms with Gasteiger partial charge in [0.2, 0.25) is 5.91 Å². The Bertz CT molecular complexity index is 276. The average Bonchev–Trinajstić information content (AvgIpc) is 2.31. The Morgan fingerprint density at radius 1 is 1.22 bits per heavy atom. The first kappa shape index (κ1) is 16.7. The molecule has 0 radical (unpaired) electrons. The lowest BCUT2D eigenvalue weighted by atomic mass is 9.84. The van der Waals surface area contributed by atoms with Crippen LogP contribution >= 0.6 is 0 Å². The van der Waals surface area contributed by atoms with Gasteiger partial charge in [-0.2, -0.15) is 0 Å². The molecule has 0 saturated carbocycles. The van der Waals surface area contributed by atoms with Crippen molar-refractivity contribution < 1.29 is 14.7 Å². The summed E-state index contributed by atoms with van der Waals surface area (Å²) in [5.41, 5.74) is 5.33. The first-order valence-electron chi connectivity index (χ1n) is 6.67. The van der Waals surface area contributed by atoms with Gasteiger partial charge in [-0.3, -0.25) is 9.59 Å². The molecular weight excluding hydrogens is 230 g/mol. The third-order valence-corrected chi connectivity index (χ3v) is 3.19. The molecule has 2 atom stereocenters. The van der Waals surface area contributed by atoms with Gasteiger partial charge in [0.25, 0.3) is 0 Å². The van der Waals surface area contributed by atoms with E-state index in [9.17, 15) is 9.59 Å². The molecule has 0 aliphatic carbocycles. The number of hydrogen-bond acceptors (Lipinski definition) is 2. The van der Waals surface area contributed by atoms with Gasteiger partial charge in [0, 0.05) is 0 Å². The minimum absolute atomic E-state index is 0.487. The van der Waals surface area contributed by atoms with Crippen LogP contribution in [0.4, 0.5) is 0 Å². The fraction of sp³-hybridized carbons (Fsp3) is 0.714. The SMILES string of the molecule is C=CCCCCCC(C(N)=O)C(CCC)C(=O)O. The zero-order valence-electron chi connectivity index (χ0n) is 11.2. The number of rotatable bonds is 11. The largest absolute Gasteiger partial charge is 0.481 e. The molecule has 1 amide bonds. The Balaban J connectivity index is 4.30. The maximum atomic E-state index is 11.4. The van der Waals surface area contributed by atoms with Crippen molar-refractivity contribution in [3.8, 4) is 0 Å². The normalized spacial score (nSPS) is 13.8. The molecule has 0 spiro atoms. The number of primary amides is 1. The number of carboxylic acid groups (broad SMARTS) is 1. The van der Waals surface area contributed by atoms with E-state index in [1.807, 2.05) is 13.0 Å². The second-order valence-electron chi connectivity index (χ2n) is 4.67. The van der Waals surface area contributed by atoms with Crippen LogP contribution in [-0.4, -0.2) is 17.0 Å². The van der Waals surface area contributed by atoms with Gasteiger partial charge in [0.05, 0.1) is 11.8 Å². The number of allylic oxidation sites excluding steroid dienone is 1. The Hall–Kier alpha value is -1.32. The summed E-state index contributed by atoms with van der Waals surface area (Å²) in [6, 6.07) is 0. The van der Waals surface area contributed by atoms with Crippen LogP contribution in [0.25, 0.3) is 0 Å². The molecule has 0 aromatic heterocycles. The third kappa shape index (κ3) is 6.42. The fourth-order valence-electron chi connectivity index (χ4n) is 2.18. The van der Waals surface area contributed by atoms with Gasteiger partial charge in [-0.05, 0) is 25.7 Å². The lowest BCUT2D eigenvalue weighted by molar-refractivity contribution is -0.147. The van der Waals surface area contributed by atoms with Crippen LogP contribution in [0.1, 0.15) is 51.9 Å². The molecule has 0 bridgehead atoms. The van der Waals surface area contributed by atoms with E-state index in [-0.39, 0.29) is 0 Å². The van der Waals surface area contributed by atoms with Crippen LogP contribution in [0.5, 0.6) is 0 Å². The first-order chi connectivity index (χ1) is 8.54. The molecule has 2 unspecified atom stereocenters. The molecule has 0 aromatic carbocycles. The van der Waals surface area contributed by atoms with Gasteiger partial charge < -0.3 is 10.8 Å². The summed E-state index contributed by atoms with van der Waals surface area (Å²) < 4.78 is 0. The van der Waals surface area contributed by atoms with Gasteiger partial charge in [-0.25, -0.2) is 0 Å². The Morgan fingerprint density at radius 3 is 2.33 bits per heavy atom. The first-order valence-corrected chi connectivity index (χ1v) is 6.67. The van der Waals surface area contributed by atoms with E-state index in [0.29, 0.717) is 12.8 Å². The number of hydrogen-bond donors (Lipinski definition) is 2. The monoisotopic (exact) mass is 255 g/mol. The summed E-state index contributed by atoms with van der Waals surface area (Å²) in [5, 5.41) is 9.14. The molecule has 0 aromatic rings. The minimum Gasteiger partial charge on any atom is -0.481 e. The van der Waals surface area contributed by atoms with E-state index in [1.54, 1.807) is 0 Å². The van der Waals surface area contributed by atoms with Gasteiger partial charge >= 0.3 is 5.97 Å². The maximum absolute atomic E-state index is 11.4. The smallest absolute Gasteiger partial charge is 0.307 e. The fourth-order valence-corrected chi connectivity index (χ4v) is 2.18. The molecule has 0 aliphatic rings. The van der Waals surface area contributed by atoms with Crippen molar-refractivity contribution in [2.24, 2.45) is 17.6 Å². The lowest BCUT2D eigenvalue weighted by Gasteiger charge is -2.20. The van der Waals surface area contributed by atoms with Crippen molar-refractivity contribution in [2.45, 2.75) is 51.9 Å². The molecular formula is C14H25NO3. The number of nitrogens with two attached hydrogens (primary N) is 1. The topological polar surface area (TPSA) is 80.4 Å². The Morgan fingerprint density at radius 2 is 1.89 bits per heavy atom. The molecule has 4 nitrogen and oxygen atoms in total. The average molecular weight is 255 g/mol. The molecule has 0 aliphatic heterocycles. The van der Waals surface area contributed by atoms with E-state index in [2.05, 4.69) is 6.58 Å². The summed E-state index contributed by atoms with van der Waals surface area (Å²) in [7, 11) is 0. The molecule has 0 fully saturated rings. The molecule has 18 heavy (non-hydrogen) atoms. The van der Waals surface area contributed by atoms with Crippen molar-refractivity contribution >= 4 is 11.9 Å². The van der Waals surface area contributed by atoms with Crippen molar-refractivity contribution in [1.82, 2.24) is 0 Å². The number of carbonyl (C=O) groups is 2. The van der Waals surface area contributed by atoms with Crippen LogP contribution in [-0.2, 0) is 9.59 Å². The second kappa shape index (κ2) is 9.68. The van der Waals surface area contributed by atoms with Crippen molar-refractivity contribution in [3.63, 3.8) is 0 Å². The van der Waals surface area contributed by atoms with Crippen molar-refractivity contribution in [2.75, 3.05) is 0 Å². The molecule has 4 heteroatoms. The van der Waals surface area contributed by atoms with Gasteiger partial charge in [0.1, 0.15) is 0 Å². The van der Waals surface area contributed by atoms with E-state index in [0.717, 1.165) is 32.1 Å². The predicted molar refractivity (Wildman–Crippen MR) is 72.0 cm³/mol. The minimum atomic E-state index is -0.910. The zero-order valence-corrected chi connectivity index (χ0v) is 11.2. The highest BCUT2D eigenvalue weighted by Crippen LogP contribution is 2.24. The zero-order chi connectivity index (χ0) is 14.0. The summed E-state index contributed by atoms with van der Waals surface area (Å²) in [6.07, 6.45) is 7.50. The molecule has 104 valence electrons. The molecule has 0 rings (SSSR count). The number of carboxylic acids is 1. The van der Waals surface area contributed by atoms with E-state index >= 15 is 0 Å². The highest BCUT2D eigenvalue weighted by molar-refractivity contribution is 5.83. The number of unbranched alkanes of at least 4 members (excludes halogenated alkanes) is 3. The predicted octanol–water partition coefficient (Wildman–Crippen LogP) is 2.73. The van der Waals surface area contributed by atoms with Crippen molar-refractivity contribution in [1.29, 1.82) is 0 Å². The quantitative estimate of drug-likeness (QED) is 0.440. The van der Waals surface area contributed by atoms with Gasteiger partial charge in [-0.1, -0.05) is 32.3 Å². The number of amides is 1. The summed E-state index contributed by atoms with van der Waals surface area (Å²) >= 11 is 0. The molecule has 3 N–H and O–H groups in total. The molecule has 0 saturated heterocycles. The third-order valence-electron chi connectivity index (χ3n) is 3.19. The Kier molecular flexibility index (Phi) is 8.97. The number of carbonyl (C=O) groups excluding carboxylic acids is 1. The van der Waals surface area contributed by atoms with Crippen LogP contribution < -0.4 is 5.73 Å².